The number of hydrogen-bond acceptors (Lipinski definition) is 3. The van der Waals surface area contributed by atoms with Crippen molar-refractivity contribution in [2.24, 2.45) is 0 Å². The van der Waals surface area contributed by atoms with Crippen molar-refractivity contribution < 1.29 is 27.1 Å². The monoisotopic (exact) mass is 450 g/mol. The molecule has 0 spiro atoms. The van der Waals surface area contributed by atoms with Crippen LogP contribution in [0.2, 0.25) is 5.02 Å². The van der Waals surface area contributed by atoms with Crippen LogP contribution in [0.4, 0.5) is 22.0 Å². The summed E-state index contributed by atoms with van der Waals surface area (Å²) < 4.78 is 71.7. The molecule has 2 aromatic heterocycles. The molecular weight excluding hydrogens is 439 g/mol. The largest absolute Gasteiger partial charge is 0.505 e. The first-order valence-electron chi connectivity index (χ1n) is 8.97. The quantitative estimate of drug-likeness (QED) is 0.304. The average Bonchev–Trinajstić information content (AvgIpc) is 2.74. The molecule has 9 heteroatoms. The van der Waals surface area contributed by atoms with E-state index in [9.17, 15) is 27.1 Å². The minimum absolute atomic E-state index is 0.00952. The van der Waals surface area contributed by atoms with Crippen LogP contribution in [0.3, 0.4) is 0 Å². The van der Waals surface area contributed by atoms with E-state index in [1.165, 1.54) is 18.3 Å². The van der Waals surface area contributed by atoms with Crippen LogP contribution in [0.25, 0.3) is 10.9 Å². The van der Waals surface area contributed by atoms with Gasteiger partial charge in [0.25, 0.3) is 0 Å². The number of aromatic hydroxyl groups is 1. The molecule has 0 aliphatic heterocycles. The van der Waals surface area contributed by atoms with Gasteiger partial charge in [0, 0.05) is 47.3 Å². The first kappa shape index (κ1) is 21.0. The summed E-state index contributed by atoms with van der Waals surface area (Å²) in [6, 6.07) is 7.13. The van der Waals surface area contributed by atoms with Crippen LogP contribution in [0.5, 0.6) is 5.75 Å². The topological polar surface area (TPSA) is 46.0 Å². The van der Waals surface area contributed by atoms with Gasteiger partial charge in [-0.3, -0.25) is 9.97 Å². The highest BCUT2D eigenvalue weighted by Gasteiger charge is 2.31. The molecule has 2 heterocycles. The smallest absolute Gasteiger partial charge is 0.165 e. The van der Waals surface area contributed by atoms with Gasteiger partial charge in [-0.25, -0.2) is 22.0 Å². The van der Waals surface area contributed by atoms with Crippen molar-refractivity contribution in [2.45, 2.75) is 12.3 Å². The second-order valence-electron chi connectivity index (χ2n) is 6.80. The van der Waals surface area contributed by atoms with Gasteiger partial charge in [-0.1, -0.05) is 29.8 Å². The molecule has 0 radical (unpaired) electrons. The maximum Gasteiger partial charge on any atom is 0.165 e. The molecule has 4 aromatic rings. The third-order valence-electron chi connectivity index (χ3n) is 4.93. The van der Waals surface area contributed by atoms with Gasteiger partial charge in [0.1, 0.15) is 17.1 Å². The third kappa shape index (κ3) is 3.79. The molecule has 3 nitrogen and oxygen atoms in total. The second-order valence-corrected chi connectivity index (χ2v) is 7.24. The number of phenols is 1. The number of pyridine rings is 2. The van der Waals surface area contributed by atoms with E-state index in [0.29, 0.717) is 5.39 Å². The zero-order chi connectivity index (χ0) is 22.3. The molecule has 1 atom stereocenters. The third-order valence-corrected chi connectivity index (χ3v) is 5.14. The number of hydrogen-bond donors (Lipinski definition) is 1. The molecule has 2 aromatic carbocycles. The Kier molecular flexibility index (Phi) is 5.49. The maximum absolute atomic E-state index is 14.7. The van der Waals surface area contributed by atoms with Gasteiger partial charge in [-0.2, -0.15) is 0 Å². The summed E-state index contributed by atoms with van der Waals surface area (Å²) in [7, 11) is 0. The van der Waals surface area contributed by atoms with Gasteiger partial charge in [0.2, 0.25) is 0 Å². The predicted octanol–water partition coefficient (Wildman–Crippen LogP) is 6.06. The van der Waals surface area contributed by atoms with E-state index >= 15 is 0 Å². The van der Waals surface area contributed by atoms with Gasteiger partial charge in [0.05, 0.1) is 10.7 Å². The van der Waals surface area contributed by atoms with Crippen LogP contribution >= 0.6 is 11.6 Å². The molecule has 1 N–H and O–H groups in total. The zero-order valence-corrected chi connectivity index (χ0v) is 16.3. The molecule has 0 saturated heterocycles. The fourth-order valence-electron chi connectivity index (χ4n) is 3.48. The van der Waals surface area contributed by atoms with Crippen LogP contribution < -0.4 is 0 Å². The predicted molar refractivity (Wildman–Crippen MR) is 104 cm³/mol. The molecular formula is C22H12ClF5N2O. The summed E-state index contributed by atoms with van der Waals surface area (Å²) in [5.41, 5.74) is -1.27. The Bertz CT molecular complexity index is 1290. The minimum atomic E-state index is -1.65. The SMILES string of the molecule is Oc1c(C(Cc2ncc(Cl)cc2F)c2c(F)c(F)cc(F)c2F)ccc2cccnc12. The Morgan fingerprint density at radius 2 is 1.61 bits per heavy atom. The van der Waals surface area contributed by atoms with E-state index in [1.54, 1.807) is 12.1 Å². The van der Waals surface area contributed by atoms with Gasteiger partial charge in [-0.05, 0) is 12.1 Å². The summed E-state index contributed by atoms with van der Waals surface area (Å²) in [6.07, 6.45) is 1.99. The molecule has 1 unspecified atom stereocenters. The first-order valence-corrected chi connectivity index (χ1v) is 9.35. The summed E-state index contributed by atoms with van der Waals surface area (Å²) in [5.74, 6) is -9.42. The molecule has 158 valence electrons. The van der Waals surface area contributed by atoms with Crippen molar-refractivity contribution in [3.63, 3.8) is 0 Å². The van der Waals surface area contributed by atoms with Crippen LogP contribution in [0.15, 0.2) is 48.8 Å². The van der Waals surface area contributed by atoms with Crippen LogP contribution in [-0.2, 0) is 6.42 Å². The zero-order valence-electron chi connectivity index (χ0n) is 15.5. The van der Waals surface area contributed by atoms with Gasteiger partial charge >= 0.3 is 0 Å². The summed E-state index contributed by atoms with van der Waals surface area (Å²) >= 11 is 5.70. The number of rotatable bonds is 4. The van der Waals surface area contributed by atoms with Crippen molar-refractivity contribution >= 4 is 22.5 Å². The number of halogens is 6. The summed E-state index contributed by atoms with van der Waals surface area (Å²) in [5, 5.41) is 11.3. The minimum Gasteiger partial charge on any atom is -0.505 e. The second kappa shape index (κ2) is 8.11. The van der Waals surface area contributed by atoms with Gasteiger partial charge < -0.3 is 5.11 Å². The van der Waals surface area contributed by atoms with Crippen molar-refractivity contribution in [2.75, 3.05) is 0 Å². The number of fused-ring (bicyclic) bond motifs is 1. The van der Waals surface area contributed by atoms with Crippen LogP contribution in [-0.4, -0.2) is 15.1 Å². The van der Waals surface area contributed by atoms with Crippen LogP contribution in [0, 0.1) is 29.1 Å². The molecule has 0 fully saturated rings. The molecule has 0 bridgehead atoms. The summed E-state index contributed by atoms with van der Waals surface area (Å²) in [6.45, 7) is 0. The Hall–Kier alpha value is -3.26. The first-order chi connectivity index (χ1) is 14.8. The standard InChI is InChI=1S/C22H12ClF5N2O/c23-11-6-14(24)17(30-9-11)7-13(18-19(27)15(25)8-16(26)20(18)28)12-4-3-10-2-1-5-29-21(10)22(12)31/h1-6,8-9,13,31H,7H2. The van der Waals surface area contributed by atoms with Gasteiger partial charge in [0.15, 0.2) is 23.3 Å². The van der Waals surface area contributed by atoms with E-state index in [2.05, 4.69) is 9.97 Å². The molecule has 4 rings (SSSR count). The molecule has 31 heavy (non-hydrogen) atoms. The lowest BCUT2D eigenvalue weighted by atomic mass is 9.85. The number of nitrogens with zero attached hydrogens (tertiary/aromatic N) is 2. The average molecular weight is 451 g/mol. The van der Waals surface area contributed by atoms with Crippen molar-refractivity contribution in [3.8, 4) is 5.75 Å². The molecule has 0 amide bonds. The van der Waals surface area contributed by atoms with E-state index < -0.39 is 52.7 Å². The Morgan fingerprint density at radius 1 is 0.903 bits per heavy atom. The molecule has 0 aliphatic carbocycles. The Balaban J connectivity index is 1.98. The Morgan fingerprint density at radius 3 is 2.29 bits per heavy atom. The van der Waals surface area contributed by atoms with E-state index in [1.807, 2.05) is 0 Å². The fraction of sp³-hybridized carbons (Fsp3) is 0.0909. The van der Waals surface area contributed by atoms with Crippen molar-refractivity contribution in [3.05, 3.63) is 99.7 Å². The highest BCUT2D eigenvalue weighted by Crippen LogP contribution is 2.40. The number of aromatic nitrogens is 2. The molecule has 0 saturated carbocycles. The number of benzene rings is 2. The maximum atomic E-state index is 14.7. The van der Waals surface area contributed by atoms with Gasteiger partial charge in [-0.15, -0.1) is 0 Å². The lowest BCUT2D eigenvalue weighted by Crippen LogP contribution is -2.14. The fourth-order valence-corrected chi connectivity index (χ4v) is 3.62. The highest BCUT2D eigenvalue weighted by atomic mass is 35.5. The lowest BCUT2D eigenvalue weighted by Gasteiger charge is -2.21. The van der Waals surface area contributed by atoms with E-state index in [4.69, 9.17) is 11.6 Å². The summed E-state index contributed by atoms with van der Waals surface area (Å²) in [4.78, 5) is 7.87. The van der Waals surface area contributed by atoms with E-state index in [-0.39, 0.29) is 27.9 Å². The highest BCUT2D eigenvalue weighted by molar-refractivity contribution is 6.30. The normalized spacial score (nSPS) is 12.3. The lowest BCUT2D eigenvalue weighted by molar-refractivity contribution is 0.425. The van der Waals surface area contributed by atoms with Crippen molar-refractivity contribution in [1.29, 1.82) is 0 Å². The number of phenolic OH excluding ortho intramolecular Hbond substituents is 1. The molecule has 0 aliphatic rings. The van der Waals surface area contributed by atoms with Crippen LogP contribution in [0.1, 0.15) is 22.7 Å². The Labute approximate surface area is 177 Å². The van der Waals surface area contributed by atoms with Crippen molar-refractivity contribution in [1.82, 2.24) is 9.97 Å². The van der Waals surface area contributed by atoms with E-state index in [0.717, 1.165) is 12.3 Å².